The molecule has 0 unspecified atom stereocenters. The fraction of sp³-hybridized carbons (Fsp3) is 0.750. The molecule has 118 valence electrons. The smallest absolute Gasteiger partial charge is 0.331 e. The number of piperidine rings is 1. The highest BCUT2D eigenvalue weighted by Crippen LogP contribution is 2.28. The summed E-state index contributed by atoms with van der Waals surface area (Å²) in [6.07, 6.45) is -1.98. The lowest BCUT2D eigenvalue weighted by Gasteiger charge is -2.33. The molecule has 0 aromatic carbocycles. The maximum Gasteiger partial charge on any atom is 0.408 e. The zero-order chi connectivity index (χ0) is 15.6. The third-order valence-corrected chi connectivity index (χ3v) is 3.49. The van der Waals surface area contributed by atoms with Crippen molar-refractivity contribution in [3.8, 4) is 0 Å². The lowest BCUT2D eigenvalue weighted by molar-refractivity contribution is -0.143. The van der Waals surface area contributed by atoms with Gasteiger partial charge in [0.15, 0.2) is 0 Å². The third kappa shape index (κ3) is 3.85. The highest BCUT2D eigenvalue weighted by atomic mass is 19.4. The zero-order valence-electron chi connectivity index (χ0n) is 12.0. The summed E-state index contributed by atoms with van der Waals surface area (Å²) in [6.45, 7) is -0.0969. The number of carbonyl (C=O) groups is 1. The van der Waals surface area contributed by atoms with Crippen molar-refractivity contribution < 1.29 is 18.0 Å². The topological polar surface area (TPSA) is 54.3 Å². The number of nitrogens with zero attached hydrogens (tertiary/aromatic N) is 5. The first-order valence-electron chi connectivity index (χ1n) is 6.68. The fourth-order valence-electron chi connectivity index (χ4n) is 2.49. The van der Waals surface area contributed by atoms with E-state index in [9.17, 15) is 18.0 Å². The van der Waals surface area contributed by atoms with Crippen LogP contribution >= 0.6 is 0 Å². The van der Waals surface area contributed by atoms with Gasteiger partial charge in [-0.25, -0.2) is 14.5 Å². The van der Waals surface area contributed by atoms with E-state index in [0.29, 0.717) is 31.8 Å². The van der Waals surface area contributed by atoms with E-state index in [1.807, 2.05) is 0 Å². The number of likely N-dealkylation sites (tertiary alicyclic amines) is 1. The molecule has 2 heterocycles. The molecule has 1 saturated heterocycles. The van der Waals surface area contributed by atoms with Crippen LogP contribution in [0, 0.1) is 0 Å². The fourth-order valence-corrected chi connectivity index (χ4v) is 2.49. The number of halogens is 3. The minimum absolute atomic E-state index is 0.0785. The van der Waals surface area contributed by atoms with E-state index in [2.05, 4.69) is 10.1 Å². The monoisotopic (exact) mass is 305 g/mol. The van der Waals surface area contributed by atoms with E-state index in [1.54, 1.807) is 19.0 Å². The van der Waals surface area contributed by atoms with Crippen molar-refractivity contribution in [3.05, 3.63) is 12.2 Å². The van der Waals surface area contributed by atoms with Gasteiger partial charge in [0.2, 0.25) is 0 Å². The zero-order valence-corrected chi connectivity index (χ0v) is 12.0. The summed E-state index contributed by atoms with van der Waals surface area (Å²) < 4.78 is 38.3. The molecule has 0 bridgehead atoms. The summed E-state index contributed by atoms with van der Waals surface area (Å²) in [6, 6.07) is -0.0785. The van der Waals surface area contributed by atoms with Crippen LogP contribution in [0.2, 0.25) is 0 Å². The average molecular weight is 305 g/mol. The molecule has 0 N–H and O–H groups in total. The van der Waals surface area contributed by atoms with Gasteiger partial charge in [-0.2, -0.15) is 18.3 Å². The Morgan fingerprint density at radius 3 is 2.52 bits per heavy atom. The molecule has 0 atom stereocenters. The van der Waals surface area contributed by atoms with E-state index in [4.69, 9.17) is 0 Å². The highest BCUT2D eigenvalue weighted by Gasteiger charge is 2.33. The summed E-state index contributed by atoms with van der Waals surface area (Å²) in [5.41, 5.74) is 0. The van der Waals surface area contributed by atoms with E-state index in [1.165, 1.54) is 4.90 Å². The first-order valence-corrected chi connectivity index (χ1v) is 6.68. The molecule has 1 fully saturated rings. The lowest BCUT2D eigenvalue weighted by atomic mass is 9.96. The molecular formula is C12H18F3N5O. The largest absolute Gasteiger partial charge is 0.408 e. The van der Waals surface area contributed by atoms with Crippen molar-refractivity contribution in [1.29, 1.82) is 0 Å². The second kappa shape index (κ2) is 5.90. The number of aromatic nitrogens is 3. The molecule has 1 aliphatic heterocycles. The van der Waals surface area contributed by atoms with E-state index < -0.39 is 12.7 Å². The minimum Gasteiger partial charge on any atom is -0.331 e. The van der Waals surface area contributed by atoms with Crippen LogP contribution in [-0.4, -0.2) is 64.0 Å². The summed E-state index contributed by atoms with van der Waals surface area (Å²) >= 11 is 0. The molecule has 1 aromatic heterocycles. The van der Waals surface area contributed by atoms with Crippen molar-refractivity contribution >= 4 is 6.03 Å². The van der Waals surface area contributed by atoms with Gasteiger partial charge in [0.05, 0.1) is 0 Å². The van der Waals surface area contributed by atoms with E-state index in [0.717, 1.165) is 11.0 Å². The maximum absolute atomic E-state index is 12.5. The first kappa shape index (κ1) is 15.6. The number of urea groups is 1. The first-order chi connectivity index (χ1) is 9.78. The number of amides is 2. The van der Waals surface area contributed by atoms with Crippen molar-refractivity contribution in [2.45, 2.75) is 31.5 Å². The molecule has 2 rings (SSSR count). The molecule has 9 heteroatoms. The molecule has 0 aliphatic carbocycles. The van der Waals surface area contributed by atoms with Gasteiger partial charge in [-0.05, 0) is 12.8 Å². The van der Waals surface area contributed by atoms with E-state index in [-0.39, 0.29) is 11.9 Å². The van der Waals surface area contributed by atoms with Crippen LogP contribution in [0.1, 0.15) is 24.6 Å². The van der Waals surface area contributed by atoms with Gasteiger partial charge in [0, 0.05) is 33.1 Å². The summed E-state index contributed by atoms with van der Waals surface area (Å²) in [5.74, 6) is 0.255. The van der Waals surface area contributed by atoms with Gasteiger partial charge in [-0.3, -0.25) is 0 Å². The normalized spacial score (nSPS) is 17.1. The van der Waals surface area contributed by atoms with Crippen molar-refractivity contribution in [2.24, 2.45) is 0 Å². The van der Waals surface area contributed by atoms with Gasteiger partial charge in [0.1, 0.15) is 18.7 Å². The quantitative estimate of drug-likeness (QED) is 0.835. The Bertz CT molecular complexity index is 491. The Balaban J connectivity index is 2.00. The summed E-state index contributed by atoms with van der Waals surface area (Å²) in [4.78, 5) is 19.0. The Hall–Kier alpha value is -1.80. The van der Waals surface area contributed by atoms with Crippen LogP contribution in [0.25, 0.3) is 0 Å². The van der Waals surface area contributed by atoms with Gasteiger partial charge >= 0.3 is 12.2 Å². The van der Waals surface area contributed by atoms with Gasteiger partial charge < -0.3 is 9.80 Å². The van der Waals surface area contributed by atoms with Crippen LogP contribution in [0.3, 0.4) is 0 Å². The second-order valence-corrected chi connectivity index (χ2v) is 5.33. The Kier molecular flexibility index (Phi) is 4.38. The van der Waals surface area contributed by atoms with Gasteiger partial charge in [-0.15, -0.1) is 0 Å². The standard InChI is InChI=1S/C12H18F3N5O/c1-18(2)11(21)19-5-3-9(4-6-19)10-16-8-17-20(10)7-12(13,14)15/h8-9H,3-7H2,1-2H3. The Labute approximate surface area is 120 Å². The molecule has 1 aromatic rings. The van der Waals surface area contributed by atoms with Crippen LogP contribution in [-0.2, 0) is 6.54 Å². The summed E-state index contributed by atoms with van der Waals surface area (Å²) in [7, 11) is 3.35. The number of carbonyl (C=O) groups excluding carboxylic acids is 1. The molecule has 6 nitrogen and oxygen atoms in total. The van der Waals surface area contributed by atoms with Gasteiger partial charge in [0.25, 0.3) is 0 Å². The molecule has 0 spiro atoms. The maximum atomic E-state index is 12.5. The number of rotatable bonds is 2. The second-order valence-electron chi connectivity index (χ2n) is 5.33. The average Bonchev–Trinajstić information content (AvgIpc) is 2.83. The predicted octanol–water partition coefficient (Wildman–Crippen LogP) is 1.70. The number of hydrogen-bond acceptors (Lipinski definition) is 3. The van der Waals surface area contributed by atoms with Gasteiger partial charge in [-0.1, -0.05) is 0 Å². The molecule has 2 amide bonds. The SMILES string of the molecule is CN(C)C(=O)N1CCC(c2ncnn2CC(F)(F)F)CC1. The van der Waals surface area contributed by atoms with Crippen LogP contribution in [0.15, 0.2) is 6.33 Å². The molecule has 0 saturated carbocycles. The molecule has 0 radical (unpaired) electrons. The van der Waals surface area contributed by atoms with Crippen LogP contribution in [0.5, 0.6) is 0 Å². The highest BCUT2D eigenvalue weighted by molar-refractivity contribution is 5.73. The number of hydrogen-bond donors (Lipinski definition) is 0. The molecule has 21 heavy (non-hydrogen) atoms. The Morgan fingerprint density at radius 2 is 2.00 bits per heavy atom. The van der Waals surface area contributed by atoms with Crippen LogP contribution in [0.4, 0.5) is 18.0 Å². The Morgan fingerprint density at radius 1 is 1.38 bits per heavy atom. The van der Waals surface area contributed by atoms with E-state index >= 15 is 0 Å². The predicted molar refractivity (Wildman–Crippen MR) is 68.7 cm³/mol. The van der Waals surface area contributed by atoms with Crippen molar-refractivity contribution in [1.82, 2.24) is 24.6 Å². The molecular weight excluding hydrogens is 287 g/mol. The minimum atomic E-state index is -4.32. The van der Waals surface area contributed by atoms with Crippen molar-refractivity contribution in [3.63, 3.8) is 0 Å². The summed E-state index contributed by atoms with van der Waals surface area (Å²) in [5, 5.41) is 3.66. The third-order valence-electron chi connectivity index (χ3n) is 3.49. The van der Waals surface area contributed by atoms with Crippen LogP contribution < -0.4 is 0 Å². The number of alkyl halides is 3. The van der Waals surface area contributed by atoms with Crippen molar-refractivity contribution in [2.75, 3.05) is 27.2 Å². The molecule has 1 aliphatic rings. The lowest BCUT2D eigenvalue weighted by Crippen LogP contribution is -2.43.